The molecule has 6 nitrogen and oxygen atoms in total. The van der Waals surface area contributed by atoms with Crippen LogP contribution in [0.3, 0.4) is 0 Å². The maximum atomic E-state index is 5.60. The monoisotopic (exact) mass is 210 g/mol. The topological polar surface area (TPSA) is 104 Å². The van der Waals surface area contributed by atoms with Crippen molar-refractivity contribution in [3.63, 3.8) is 0 Å². The molecule has 0 spiro atoms. The molecule has 2 aromatic rings. The predicted molar refractivity (Wildman–Crippen MR) is 53.5 cm³/mol. The second-order valence-corrected chi connectivity index (χ2v) is 2.90. The highest BCUT2D eigenvalue weighted by molar-refractivity contribution is 6.16. The van der Waals surface area contributed by atoms with E-state index < -0.39 is 0 Å². The van der Waals surface area contributed by atoms with E-state index in [2.05, 4.69) is 19.9 Å². The Morgan fingerprint density at radius 3 is 2.71 bits per heavy atom. The van der Waals surface area contributed by atoms with Crippen LogP contribution in [0.2, 0.25) is 0 Å². The molecule has 14 heavy (non-hydrogen) atoms. The van der Waals surface area contributed by atoms with Gasteiger partial charge in [-0.1, -0.05) is 0 Å². The fraction of sp³-hybridized carbons (Fsp3) is 0.143. The van der Waals surface area contributed by atoms with Crippen LogP contribution < -0.4 is 11.5 Å². The van der Waals surface area contributed by atoms with E-state index in [9.17, 15) is 0 Å². The molecule has 0 bridgehead atoms. The molecule has 0 aliphatic rings. The van der Waals surface area contributed by atoms with Gasteiger partial charge in [-0.3, -0.25) is 0 Å². The molecule has 0 fully saturated rings. The van der Waals surface area contributed by atoms with Crippen molar-refractivity contribution in [2.45, 2.75) is 5.88 Å². The molecule has 0 saturated heterocycles. The molecule has 2 heterocycles. The fourth-order valence-electron chi connectivity index (χ4n) is 1.05. The van der Waals surface area contributed by atoms with Crippen LogP contribution in [-0.2, 0) is 5.88 Å². The number of hydrogen-bond acceptors (Lipinski definition) is 6. The molecule has 7 heteroatoms. The molecule has 0 aliphatic carbocycles. The van der Waals surface area contributed by atoms with Crippen LogP contribution in [0.1, 0.15) is 5.69 Å². The van der Waals surface area contributed by atoms with Gasteiger partial charge in [-0.25, -0.2) is 9.97 Å². The second kappa shape index (κ2) is 3.22. The predicted octanol–water partition coefficient (Wildman–Crippen LogP) is 0.323. The van der Waals surface area contributed by atoms with E-state index >= 15 is 0 Å². The Labute approximate surface area is 84.3 Å². The average molecular weight is 211 g/mol. The number of nitrogens with zero attached hydrogens (tertiary/aromatic N) is 4. The maximum Gasteiger partial charge on any atom is 0.224 e. The second-order valence-electron chi connectivity index (χ2n) is 2.63. The quantitative estimate of drug-likeness (QED) is 0.657. The molecule has 0 aliphatic heterocycles. The Hall–Kier alpha value is -1.69. The zero-order chi connectivity index (χ0) is 10.1. The third-order valence-corrected chi connectivity index (χ3v) is 1.91. The highest BCUT2D eigenvalue weighted by atomic mass is 35.5. The van der Waals surface area contributed by atoms with Crippen LogP contribution in [0, 0.1) is 0 Å². The summed E-state index contributed by atoms with van der Waals surface area (Å²) in [6, 6.07) is 0. The van der Waals surface area contributed by atoms with E-state index in [4.69, 9.17) is 23.1 Å². The van der Waals surface area contributed by atoms with Crippen LogP contribution in [0.5, 0.6) is 0 Å². The lowest BCUT2D eigenvalue weighted by molar-refractivity contribution is 1.11. The zero-order valence-electron chi connectivity index (χ0n) is 7.11. The highest BCUT2D eigenvalue weighted by Crippen LogP contribution is 2.14. The molecule has 0 amide bonds. The van der Waals surface area contributed by atoms with Gasteiger partial charge in [0.05, 0.1) is 17.8 Å². The normalized spacial score (nSPS) is 10.6. The number of alkyl halides is 1. The average Bonchev–Trinajstić information content (AvgIpc) is 2.17. The minimum absolute atomic E-state index is 0.0860. The Balaban J connectivity index is 2.75. The fourth-order valence-corrected chi connectivity index (χ4v) is 1.18. The summed E-state index contributed by atoms with van der Waals surface area (Å²) in [5.41, 5.74) is 12.4. The number of nitrogens with two attached hydrogens (primary N) is 2. The van der Waals surface area contributed by atoms with E-state index in [-0.39, 0.29) is 17.6 Å². The minimum Gasteiger partial charge on any atom is -0.382 e. The third-order valence-electron chi connectivity index (χ3n) is 1.64. The molecule has 72 valence electrons. The van der Waals surface area contributed by atoms with Crippen LogP contribution >= 0.6 is 11.6 Å². The Morgan fingerprint density at radius 2 is 2.00 bits per heavy atom. The van der Waals surface area contributed by atoms with Crippen molar-refractivity contribution in [3.8, 4) is 0 Å². The van der Waals surface area contributed by atoms with E-state index in [1.807, 2.05) is 0 Å². The smallest absolute Gasteiger partial charge is 0.224 e. The van der Waals surface area contributed by atoms with Crippen molar-refractivity contribution in [2.75, 3.05) is 11.5 Å². The standard InChI is InChI=1S/C7H7ClN6/c8-1-3-2-11-6-4(12-3)5(9)13-7(10)14-6/h2H,1H2,(H4,9,10,11,13,14). The van der Waals surface area contributed by atoms with Gasteiger partial charge < -0.3 is 11.5 Å². The number of nitrogen functional groups attached to an aromatic ring is 2. The van der Waals surface area contributed by atoms with Gasteiger partial charge in [0.15, 0.2) is 17.0 Å². The first kappa shape index (κ1) is 8.89. The molecule has 0 radical (unpaired) electrons. The Morgan fingerprint density at radius 1 is 1.21 bits per heavy atom. The van der Waals surface area contributed by atoms with Gasteiger partial charge >= 0.3 is 0 Å². The molecule has 0 unspecified atom stereocenters. The van der Waals surface area contributed by atoms with Crippen molar-refractivity contribution in [1.82, 2.24) is 19.9 Å². The molecule has 0 aromatic carbocycles. The molecule has 0 atom stereocenters. The summed E-state index contributed by atoms with van der Waals surface area (Å²) in [5.74, 6) is 0.571. The summed E-state index contributed by atoms with van der Waals surface area (Å²) >= 11 is 5.60. The summed E-state index contributed by atoms with van der Waals surface area (Å²) in [7, 11) is 0. The molecular weight excluding hydrogens is 204 g/mol. The van der Waals surface area contributed by atoms with Crippen molar-refractivity contribution < 1.29 is 0 Å². The first-order valence-corrected chi connectivity index (χ1v) is 4.34. The Kier molecular flexibility index (Phi) is 2.05. The summed E-state index contributed by atoms with van der Waals surface area (Å²) in [6.07, 6.45) is 1.53. The summed E-state index contributed by atoms with van der Waals surface area (Å²) in [6.45, 7) is 0. The SMILES string of the molecule is Nc1nc(N)c2nc(CCl)cnc2n1. The summed E-state index contributed by atoms with van der Waals surface area (Å²) < 4.78 is 0. The summed E-state index contributed by atoms with van der Waals surface area (Å²) in [4.78, 5) is 15.8. The van der Waals surface area contributed by atoms with Gasteiger partial charge in [0.2, 0.25) is 5.95 Å². The highest BCUT2D eigenvalue weighted by Gasteiger charge is 2.06. The third kappa shape index (κ3) is 1.39. The maximum absolute atomic E-state index is 5.60. The van der Waals surface area contributed by atoms with Gasteiger partial charge in [0, 0.05) is 0 Å². The number of anilines is 2. The van der Waals surface area contributed by atoms with Gasteiger partial charge in [0.1, 0.15) is 0 Å². The van der Waals surface area contributed by atoms with Crippen molar-refractivity contribution in [3.05, 3.63) is 11.9 Å². The number of fused-ring (bicyclic) bond motifs is 1. The summed E-state index contributed by atoms with van der Waals surface area (Å²) in [5, 5.41) is 0. The molecule has 2 aromatic heterocycles. The van der Waals surface area contributed by atoms with Gasteiger partial charge in [-0.05, 0) is 0 Å². The van der Waals surface area contributed by atoms with Crippen molar-refractivity contribution in [1.29, 1.82) is 0 Å². The number of rotatable bonds is 1. The van der Waals surface area contributed by atoms with E-state index in [1.54, 1.807) is 0 Å². The molecule has 4 N–H and O–H groups in total. The van der Waals surface area contributed by atoms with Gasteiger partial charge in [-0.2, -0.15) is 9.97 Å². The largest absolute Gasteiger partial charge is 0.382 e. The minimum atomic E-state index is 0.0860. The Bertz CT molecular complexity index is 485. The number of halogens is 1. The first-order chi connectivity index (χ1) is 6.70. The van der Waals surface area contributed by atoms with E-state index in [0.717, 1.165) is 0 Å². The van der Waals surface area contributed by atoms with Crippen LogP contribution in [0.15, 0.2) is 6.20 Å². The van der Waals surface area contributed by atoms with Crippen molar-refractivity contribution in [2.24, 2.45) is 0 Å². The number of aromatic nitrogens is 4. The zero-order valence-corrected chi connectivity index (χ0v) is 7.86. The van der Waals surface area contributed by atoms with Crippen LogP contribution in [-0.4, -0.2) is 19.9 Å². The van der Waals surface area contributed by atoms with Crippen molar-refractivity contribution >= 4 is 34.5 Å². The van der Waals surface area contributed by atoms with Gasteiger partial charge in [0.25, 0.3) is 0 Å². The molecule has 2 rings (SSSR count). The molecular formula is C7H7ClN6. The lowest BCUT2D eigenvalue weighted by Gasteiger charge is -2.01. The van der Waals surface area contributed by atoms with E-state index in [1.165, 1.54) is 6.20 Å². The lowest BCUT2D eigenvalue weighted by atomic mass is 10.4. The number of hydrogen-bond donors (Lipinski definition) is 2. The van der Waals surface area contributed by atoms with Crippen LogP contribution in [0.25, 0.3) is 11.2 Å². The molecule has 0 saturated carbocycles. The van der Waals surface area contributed by atoms with Gasteiger partial charge in [-0.15, -0.1) is 11.6 Å². The van der Waals surface area contributed by atoms with Crippen LogP contribution in [0.4, 0.5) is 11.8 Å². The first-order valence-electron chi connectivity index (χ1n) is 3.81. The van der Waals surface area contributed by atoms with E-state index in [0.29, 0.717) is 16.9 Å². The lowest BCUT2D eigenvalue weighted by Crippen LogP contribution is -2.03.